The summed E-state index contributed by atoms with van der Waals surface area (Å²) in [5.74, 6) is 1.50. The molecule has 0 aliphatic carbocycles. The summed E-state index contributed by atoms with van der Waals surface area (Å²) in [7, 11) is 3.31. The van der Waals surface area contributed by atoms with E-state index in [9.17, 15) is 0 Å². The first kappa shape index (κ1) is 17.9. The lowest BCUT2D eigenvalue weighted by Gasteiger charge is -2.17. The van der Waals surface area contributed by atoms with Gasteiger partial charge in [0.15, 0.2) is 11.5 Å². The molecule has 25 heavy (non-hydrogen) atoms. The van der Waals surface area contributed by atoms with Gasteiger partial charge in [-0.25, -0.2) is 4.98 Å². The van der Waals surface area contributed by atoms with Crippen LogP contribution in [0, 0.1) is 6.92 Å². The van der Waals surface area contributed by atoms with Crippen LogP contribution < -0.4 is 14.8 Å². The first-order valence-corrected chi connectivity index (χ1v) is 9.89. The molecule has 1 unspecified atom stereocenters. The SMILES string of the molecule is COc1ccc(CNC(Cc2ccsc2)c2nc(C)cs2)cc1OC. The number of aromatic nitrogens is 1. The van der Waals surface area contributed by atoms with Crippen molar-refractivity contribution in [2.45, 2.75) is 25.9 Å². The number of ether oxygens (including phenoxy) is 2. The van der Waals surface area contributed by atoms with Gasteiger partial charge in [-0.3, -0.25) is 0 Å². The normalized spacial score (nSPS) is 12.1. The van der Waals surface area contributed by atoms with E-state index in [1.807, 2.05) is 19.1 Å². The van der Waals surface area contributed by atoms with E-state index in [1.54, 1.807) is 36.9 Å². The molecule has 4 nitrogen and oxygen atoms in total. The Bertz CT molecular complexity index is 800. The molecule has 0 saturated heterocycles. The first-order chi connectivity index (χ1) is 12.2. The van der Waals surface area contributed by atoms with Crippen molar-refractivity contribution in [2.24, 2.45) is 0 Å². The number of aryl methyl sites for hydroxylation is 1. The highest BCUT2D eigenvalue weighted by Gasteiger charge is 2.16. The molecule has 1 N–H and O–H groups in total. The topological polar surface area (TPSA) is 43.4 Å². The highest BCUT2D eigenvalue weighted by Crippen LogP contribution is 2.28. The van der Waals surface area contributed by atoms with Crippen LogP contribution in [-0.4, -0.2) is 19.2 Å². The highest BCUT2D eigenvalue weighted by molar-refractivity contribution is 7.09. The van der Waals surface area contributed by atoms with Crippen molar-refractivity contribution in [1.29, 1.82) is 0 Å². The maximum absolute atomic E-state index is 5.40. The molecule has 132 valence electrons. The summed E-state index contributed by atoms with van der Waals surface area (Å²) in [6.07, 6.45) is 0.934. The zero-order chi connectivity index (χ0) is 17.6. The summed E-state index contributed by atoms with van der Waals surface area (Å²) in [5, 5.41) is 11.2. The van der Waals surface area contributed by atoms with Gasteiger partial charge in [0.1, 0.15) is 5.01 Å². The van der Waals surface area contributed by atoms with Gasteiger partial charge in [-0.05, 0) is 53.4 Å². The third kappa shape index (κ3) is 4.60. The van der Waals surface area contributed by atoms with E-state index in [1.165, 1.54) is 5.56 Å². The van der Waals surface area contributed by atoms with Crippen LogP contribution in [0.25, 0.3) is 0 Å². The van der Waals surface area contributed by atoms with E-state index in [4.69, 9.17) is 9.47 Å². The van der Waals surface area contributed by atoms with Crippen molar-refractivity contribution in [1.82, 2.24) is 10.3 Å². The molecule has 0 saturated carbocycles. The standard InChI is InChI=1S/C19H22N2O2S2/c1-13-11-25-19(21-13)16(8-15-6-7-24-12-15)20-10-14-4-5-17(22-2)18(9-14)23-3/h4-7,9,11-12,16,20H,8,10H2,1-3H3. The number of nitrogens with zero attached hydrogens (tertiary/aromatic N) is 1. The Hall–Kier alpha value is -1.89. The van der Waals surface area contributed by atoms with Gasteiger partial charge >= 0.3 is 0 Å². The molecule has 0 spiro atoms. The molecule has 1 atom stereocenters. The Morgan fingerprint density at radius 2 is 1.92 bits per heavy atom. The second-order valence-electron chi connectivity index (χ2n) is 5.79. The largest absolute Gasteiger partial charge is 0.493 e. The third-order valence-corrected chi connectivity index (χ3v) is 5.76. The molecule has 1 aromatic carbocycles. The molecule has 6 heteroatoms. The van der Waals surface area contributed by atoms with Crippen molar-refractivity contribution in [3.05, 3.63) is 62.2 Å². The first-order valence-electron chi connectivity index (χ1n) is 8.07. The fourth-order valence-electron chi connectivity index (χ4n) is 2.66. The third-order valence-electron chi connectivity index (χ3n) is 3.96. The fraction of sp³-hybridized carbons (Fsp3) is 0.316. The zero-order valence-electron chi connectivity index (χ0n) is 14.6. The Morgan fingerprint density at radius 3 is 2.56 bits per heavy atom. The van der Waals surface area contributed by atoms with Crippen molar-refractivity contribution in [2.75, 3.05) is 14.2 Å². The van der Waals surface area contributed by atoms with Gasteiger partial charge in [0.05, 0.1) is 20.3 Å². The molecule has 0 bridgehead atoms. The van der Waals surface area contributed by atoms with Crippen LogP contribution in [0.4, 0.5) is 0 Å². The zero-order valence-corrected chi connectivity index (χ0v) is 16.2. The second kappa shape index (κ2) is 8.47. The number of thiazole rings is 1. The van der Waals surface area contributed by atoms with Gasteiger partial charge in [-0.15, -0.1) is 11.3 Å². The van der Waals surface area contributed by atoms with Crippen LogP contribution in [0.15, 0.2) is 40.4 Å². The highest BCUT2D eigenvalue weighted by atomic mass is 32.1. The van der Waals surface area contributed by atoms with E-state index in [0.29, 0.717) is 0 Å². The van der Waals surface area contributed by atoms with Crippen LogP contribution in [0.2, 0.25) is 0 Å². The number of hydrogen-bond acceptors (Lipinski definition) is 6. The number of thiophene rings is 1. The van der Waals surface area contributed by atoms with Crippen LogP contribution in [0.3, 0.4) is 0 Å². The minimum atomic E-state index is 0.196. The predicted octanol–water partition coefficient (Wildman–Crippen LogP) is 4.60. The van der Waals surface area contributed by atoms with E-state index in [-0.39, 0.29) is 6.04 Å². The number of benzene rings is 1. The lowest BCUT2D eigenvalue weighted by atomic mass is 10.1. The Balaban J connectivity index is 1.74. The Morgan fingerprint density at radius 1 is 1.08 bits per heavy atom. The van der Waals surface area contributed by atoms with Gasteiger partial charge in [0, 0.05) is 17.6 Å². The number of methoxy groups -OCH3 is 2. The number of hydrogen-bond donors (Lipinski definition) is 1. The second-order valence-corrected chi connectivity index (χ2v) is 7.46. The molecule has 2 aromatic heterocycles. The Kier molecular flexibility index (Phi) is 6.07. The molecule has 0 aliphatic heterocycles. The summed E-state index contributed by atoms with van der Waals surface area (Å²) >= 11 is 3.44. The average molecular weight is 375 g/mol. The summed E-state index contributed by atoms with van der Waals surface area (Å²) in [6.45, 7) is 2.78. The van der Waals surface area contributed by atoms with Crippen LogP contribution in [-0.2, 0) is 13.0 Å². The van der Waals surface area contributed by atoms with E-state index >= 15 is 0 Å². The summed E-state index contributed by atoms with van der Waals surface area (Å²) in [5.41, 5.74) is 3.56. The summed E-state index contributed by atoms with van der Waals surface area (Å²) in [4.78, 5) is 4.68. The quantitative estimate of drug-likeness (QED) is 0.626. The van der Waals surface area contributed by atoms with Gasteiger partial charge in [0.2, 0.25) is 0 Å². The Labute approximate surface area is 156 Å². The van der Waals surface area contributed by atoms with Crippen molar-refractivity contribution < 1.29 is 9.47 Å². The smallest absolute Gasteiger partial charge is 0.161 e. The molecule has 0 fully saturated rings. The van der Waals surface area contributed by atoms with Gasteiger partial charge < -0.3 is 14.8 Å². The fourth-order valence-corrected chi connectivity index (χ4v) is 4.21. The minimum absolute atomic E-state index is 0.196. The monoisotopic (exact) mass is 374 g/mol. The van der Waals surface area contributed by atoms with Crippen LogP contribution in [0.5, 0.6) is 11.5 Å². The number of rotatable bonds is 8. The van der Waals surface area contributed by atoms with Crippen LogP contribution >= 0.6 is 22.7 Å². The maximum Gasteiger partial charge on any atom is 0.161 e. The van der Waals surface area contributed by atoms with E-state index in [2.05, 4.69) is 38.6 Å². The molecule has 2 heterocycles. The molecule has 0 aliphatic rings. The van der Waals surface area contributed by atoms with Gasteiger partial charge in [-0.2, -0.15) is 11.3 Å². The molecule has 0 radical (unpaired) electrons. The van der Waals surface area contributed by atoms with Crippen molar-refractivity contribution in [3.8, 4) is 11.5 Å². The molecule has 0 amide bonds. The van der Waals surface area contributed by atoms with Gasteiger partial charge in [-0.1, -0.05) is 6.07 Å². The molecular formula is C19H22N2O2S2. The van der Waals surface area contributed by atoms with Crippen molar-refractivity contribution >= 4 is 22.7 Å². The maximum atomic E-state index is 5.40. The molecule has 3 rings (SSSR count). The molecule has 3 aromatic rings. The summed E-state index contributed by atoms with van der Waals surface area (Å²) < 4.78 is 10.7. The van der Waals surface area contributed by atoms with E-state index < -0.39 is 0 Å². The lowest BCUT2D eigenvalue weighted by molar-refractivity contribution is 0.354. The average Bonchev–Trinajstić information content (AvgIpc) is 3.29. The minimum Gasteiger partial charge on any atom is -0.493 e. The summed E-state index contributed by atoms with van der Waals surface area (Å²) in [6, 6.07) is 8.39. The molecular weight excluding hydrogens is 352 g/mol. The van der Waals surface area contributed by atoms with Crippen LogP contribution in [0.1, 0.15) is 27.9 Å². The van der Waals surface area contributed by atoms with Crippen molar-refractivity contribution in [3.63, 3.8) is 0 Å². The number of nitrogens with one attached hydrogen (secondary N) is 1. The van der Waals surface area contributed by atoms with Gasteiger partial charge in [0.25, 0.3) is 0 Å². The van der Waals surface area contributed by atoms with E-state index in [0.717, 1.165) is 40.7 Å². The lowest BCUT2D eigenvalue weighted by Crippen LogP contribution is -2.22. The predicted molar refractivity (Wildman–Crippen MR) is 104 cm³/mol.